The number of sulfonamides is 1. The number of benzene rings is 1. The van der Waals surface area contributed by atoms with Crippen LogP contribution >= 0.6 is 0 Å². The molecule has 1 amide bonds. The lowest BCUT2D eigenvalue weighted by Gasteiger charge is -2.09. The van der Waals surface area contributed by atoms with Crippen LogP contribution < -0.4 is 4.72 Å². The van der Waals surface area contributed by atoms with Gasteiger partial charge >= 0.3 is 5.97 Å². The van der Waals surface area contributed by atoms with Crippen molar-refractivity contribution in [3.63, 3.8) is 0 Å². The largest absolute Gasteiger partial charge is 0.461 e. The summed E-state index contributed by atoms with van der Waals surface area (Å²) in [5, 5.41) is 0. The van der Waals surface area contributed by atoms with Crippen LogP contribution in [-0.2, 0) is 31.0 Å². The van der Waals surface area contributed by atoms with Gasteiger partial charge < -0.3 is 4.74 Å². The normalized spacial score (nSPS) is 28.1. The summed E-state index contributed by atoms with van der Waals surface area (Å²) < 4.78 is 56.5. The predicted octanol–water partition coefficient (Wildman–Crippen LogP) is 1.25. The molecule has 2 saturated carbocycles. The standard InChI is InChI=1S/C15H15F2NO5S/c16-12-5-10(12)14(19)18-24(21,22)9-3-1-2-8(4-9)7-23-15(20)11-6-13(11)17/h1-4,10-13H,5-7H2,(H,18,19)/t10-,11-,12+,13+/m0/s1. The lowest BCUT2D eigenvalue weighted by Crippen LogP contribution is -2.32. The first-order valence-corrected chi connectivity index (χ1v) is 8.86. The van der Waals surface area contributed by atoms with E-state index in [9.17, 15) is 26.8 Å². The highest BCUT2D eigenvalue weighted by molar-refractivity contribution is 7.90. The van der Waals surface area contributed by atoms with Gasteiger partial charge in [0.05, 0.1) is 16.7 Å². The third kappa shape index (κ3) is 3.72. The van der Waals surface area contributed by atoms with Crippen molar-refractivity contribution in [3.05, 3.63) is 29.8 Å². The van der Waals surface area contributed by atoms with Gasteiger partial charge in [-0.25, -0.2) is 21.9 Å². The number of hydrogen-bond donors (Lipinski definition) is 1. The van der Waals surface area contributed by atoms with Crippen LogP contribution in [0.1, 0.15) is 18.4 Å². The molecule has 0 aliphatic heterocycles. The number of nitrogens with one attached hydrogen (secondary N) is 1. The van der Waals surface area contributed by atoms with Crippen molar-refractivity contribution in [1.29, 1.82) is 0 Å². The van der Waals surface area contributed by atoms with Crippen molar-refractivity contribution in [2.45, 2.75) is 36.7 Å². The van der Waals surface area contributed by atoms with Gasteiger partial charge in [0.25, 0.3) is 10.0 Å². The average molecular weight is 359 g/mol. The minimum absolute atomic E-state index is 0.0219. The van der Waals surface area contributed by atoms with Crippen molar-refractivity contribution in [2.75, 3.05) is 0 Å². The first-order valence-electron chi connectivity index (χ1n) is 7.38. The SMILES string of the molecule is O=C(NS(=O)(=O)c1cccc(COC(=O)[C@H]2C[C@H]2F)c1)[C@H]1C[C@H]1F. The summed E-state index contributed by atoms with van der Waals surface area (Å²) in [6.45, 7) is -0.200. The Morgan fingerprint density at radius 2 is 1.79 bits per heavy atom. The maximum atomic E-state index is 12.8. The van der Waals surface area contributed by atoms with Gasteiger partial charge in [0, 0.05) is 0 Å². The lowest BCUT2D eigenvalue weighted by molar-refractivity contribution is -0.147. The zero-order chi connectivity index (χ0) is 17.5. The molecule has 6 nitrogen and oxygen atoms in total. The van der Waals surface area contributed by atoms with Crippen LogP contribution in [0.15, 0.2) is 29.2 Å². The molecular formula is C15H15F2NO5S. The molecule has 130 valence electrons. The van der Waals surface area contributed by atoms with E-state index in [0.29, 0.717) is 5.56 Å². The van der Waals surface area contributed by atoms with Crippen LogP contribution in [0, 0.1) is 11.8 Å². The molecule has 1 aromatic carbocycles. The summed E-state index contributed by atoms with van der Waals surface area (Å²) in [6, 6.07) is 5.46. The third-order valence-corrected chi connectivity index (χ3v) is 5.23. The van der Waals surface area contributed by atoms with Crippen LogP contribution in [0.2, 0.25) is 0 Å². The van der Waals surface area contributed by atoms with Gasteiger partial charge in [0.15, 0.2) is 0 Å². The maximum absolute atomic E-state index is 12.8. The second-order valence-electron chi connectivity index (χ2n) is 5.94. The van der Waals surface area contributed by atoms with Gasteiger partial charge in [-0.1, -0.05) is 12.1 Å². The second kappa shape index (κ2) is 6.12. The second-order valence-corrected chi connectivity index (χ2v) is 7.62. The molecule has 0 bridgehead atoms. The summed E-state index contributed by atoms with van der Waals surface area (Å²) in [4.78, 5) is 22.8. The quantitative estimate of drug-likeness (QED) is 0.772. The number of halogens is 2. The average Bonchev–Trinajstić information content (AvgIpc) is 3.43. The molecule has 1 N–H and O–H groups in total. The van der Waals surface area contributed by atoms with E-state index < -0.39 is 46.1 Å². The Bertz CT molecular complexity index is 782. The molecule has 24 heavy (non-hydrogen) atoms. The molecule has 1 aromatic rings. The van der Waals surface area contributed by atoms with E-state index in [-0.39, 0.29) is 24.3 Å². The van der Waals surface area contributed by atoms with Gasteiger partial charge in [0.2, 0.25) is 5.91 Å². The monoisotopic (exact) mass is 359 g/mol. The third-order valence-electron chi connectivity index (χ3n) is 3.89. The number of carbonyl (C=O) groups is 2. The summed E-state index contributed by atoms with van der Waals surface area (Å²) in [5.74, 6) is -3.19. The summed E-state index contributed by atoms with van der Waals surface area (Å²) >= 11 is 0. The molecule has 0 heterocycles. The smallest absolute Gasteiger partial charge is 0.312 e. The molecule has 9 heteroatoms. The van der Waals surface area contributed by atoms with Crippen molar-refractivity contribution in [2.24, 2.45) is 11.8 Å². The molecule has 0 radical (unpaired) electrons. The predicted molar refractivity (Wildman–Crippen MR) is 77.6 cm³/mol. The number of ether oxygens (including phenoxy) is 1. The van der Waals surface area contributed by atoms with Gasteiger partial charge in [0.1, 0.15) is 19.0 Å². The van der Waals surface area contributed by atoms with Gasteiger partial charge in [-0.05, 0) is 30.5 Å². The van der Waals surface area contributed by atoms with E-state index in [2.05, 4.69) is 0 Å². The van der Waals surface area contributed by atoms with E-state index in [4.69, 9.17) is 4.74 Å². The first kappa shape index (κ1) is 16.8. The van der Waals surface area contributed by atoms with E-state index in [1.165, 1.54) is 24.3 Å². The van der Waals surface area contributed by atoms with Crippen LogP contribution in [0.25, 0.3) is 0 Å². The molecule has 2 aliphatic carbocycles. The summed E-state index contributed by atoms with van der Waals surface area (Å²) in [7, 11) is -4.13. The Morgan fingerprint density at radius 1 is 1.17 bits per heavy atom. The van der Waals surface area contributed by atoms with Crippen molar-refractivity contribution in [1.82, 2.24) is 4.72 Å². The number of rotatable bonds is 6. The Balaban J connectivity index is 1.63. The minimum atomic E-state index is -4.13. The number of hydrogen-bond acceptors (Lipinski definition) is 5. The molecule has 3 rings (SSSR count). The highest BCUT2D eigenvalue weighted by Gasteiger charge is 2.45. The molecular weight excluding hydrogens is 344 g/mol. The van der Waals surface area contributed by atoms with Crippen molar-refractivity contribution in [3.8, 4) is 0 Å². The zero-order valence-corrected chi connectivity index (χ0v) is 13.3. The van der Waals surface area contributed by atoms with Gasteiger partial charge in [-0.3, -0.25) is 9.59 Å². The summed E-state index contributed by atoms with van der Waals surface area (Å²) in [6.07, 6.45) is -2.29. The molecule has 0 aromatic heterocycles. The fraction of sp³-hybridized carbons (Fsp3) is 0.467. The van der Waals surface area contributed by atoms with E-state index in [0.717, 1.165) is 0 Å². The molecule has 2 fully saturated rings. The van der Waals surface area contributed by atoms with Crippen molar-refractivity contribution < 1.29 is 31.5 Å². The summed E-state index contributed by atoms with van der Waals surface area (Å²) in [5.41, 5.74) is 0.379. The highest BCUT2D eigenvalue weighted by atomic mass is 32.2. The number of carbonyl (C=O) groups excluding carboxylic acids is 2. The topological polar surface area (TPSA) is 89.5 Å². The minimum Gasteiger partial charge on any atom is -0.461 e. The lowest BCUT2D eigenvalue weighted by atomic mass is 10.2. The van der Waals surface area contributed by atoms with E-state index in [1.807, 2.05) is 4.72 Å². The Hall–Kier alpha value is -2.03. The van der Waals surface area contributed by atoms with Crippen LogP contribution in [0.4, 0.5) is 8.78 Å². The molecule has 0 unspecified atom stereocenters. The van der Waals surface area contributed by atoms with Crippen molar-refractivity contribution >= 4 is 21.9 Å². The molecule has 2 aliphatic rings. The van der Waals surface area contributed by atoms with E-state index in [1.54, 1.807) is 0 Å². The molecule has 0 spiro atoms. The zero-order valence-electron chi connectivity index (χ0n) is 12.4. The maximum Gasteiger partial charge on any atom is 0.312 e. The van der Waals surface area contributed by atoms with Gasteiger partial charge in [-0.15, -0.1) is 0 Å². The van der Waals surface area contributed by atoms with Crippen LogP contribution in [-0.4, -0.2) is 32.6 Å². The molecule has 0 saturated heterocycles. The number of alkyl halides is 2. The Kier molecular flexibility index (Phi) is 4.29. The highest BCUT2D eigenvalue weighted by Crippen LogP contribution is 2.35. The van der Waals surface area contributed by atoms with Crippen LogP contribution in [0.5, 0.6) is 0 Å². The number of esters is 1. The fourth-order valence-electron chi connectivity index (χ4n) is 2.17. The number of amides is 1. The van der Waals surface area contributed by atoms with E-state index >= 15 is 0 Å². The first-order chi connectivity index (χ1) is 11.3. The fourth-order valence-corrected chi connectivity index (χ4v) is 3.27. The Labute approximate surface area is 137 Å². The Morgan fingerprint density at radius 3 is 2.38 bits per heavy atom. The van der Waals surface area contributed by atoms with Crippen LogP contribution in [0.3, 0.4) is 0 Å². The van der Waals surface area contributed by atoms with Gasteiger partial charge in [-0.2, -0.15) is 0 Å². The molecule has 4 atom stereocenters.